The van der Waals surface area contributed by atoms with Crippen molar-refractivity contribution in [2.24, 2.45) is 0 Å². The van der Waals surface area contributed by atoms with Crippen LogP contribution in [0.5, 0.6) is 5.75 Å². The monoisotopic (exact) mass is 308 g/mol. The molecule has 4 rings (SSSR count). The van der Waals surface area contributed by atoms with Crippen LogP contribution in [0.25, 0.3) is 11.1 Å². The third-order valence-electron chi connectivity index (χ3n) is 5.04. The number of fused-ring (bicyclic) bond motifs is 3. The fraction of sp³-hybridized carbons (Fsp3) is 0.400. The smallest absolute Gasteiger partial charge is 0.127 e. The second kappa shape index (κ2) is 6.25. The van der Waals surface area contributed by atoms with Crippen LogP contribution in [0, 0.1) is 0 Å². The number of benzene rings is 2. The fourth-order valence-electron chi connectivity index (χ4n) is 4.06. The summed E-state index contributed by atoms with van der Waals surface area (Å²) < 4.78 is 5.88. The summed E-state index contributed by atoms with van der Waals surface area (Å²) in [5.74, 6) is 1.57. The van der Waals surface area contributed by atoms with E-state index < -0.39 is 0 Å². The molecule has 1 saturated heterocycles. The Labute approximate surface area is 138 Å². The van der Waals surface area contributed by atoms with Gasteiger partial charge in [-0.25, -0.2) is 0 Å². The van der Waals surface area contributed by atoms with E-state index in [9.17, 15) is 0 Å². The number of anilines is 1. The SMILES string of the molecule is CCOc1ccccc1-c1cccc2c1[C@@H]1CCNCCC1N2. The maximum atomic E-state index is 5.88. The summed E-state index contributed by atoms with van der Waals surface area (Å²) in [4.78, 5) is 0. The van der Waals surface area contributed by atoms with E-state index in [-0.39, 0.29) is 0 Å². The quantitative estimate of drug-likeness (QED) is 0.898. The number of hydrogen-bond acceptors (Lipinski definition) is 3. The molecule has 120 valence electrons. The van der Waals surface area contributed by atoms with Gasteiger partial charge < -0.3 is 15.4 Å². The molecule has 3 heteroatoms. The van der Waals surface area contributed by atoms with Gasteiger partial charge in [-0.15, -0.1) is 0 Å². The first-order chi connectivity index (χ1) is 11.4. The highest BCUT2D eigenvalue weighted by Gasteiger charge is 2.35. The van der Waals surface area contributed by atoms with Gasteiger partial charge in [0.1, 0.15) is 5.75 Å². The zero-order chi connectivity index (χ0) is 15.6. The van der Waals surface area contributed by atoms with E-state index in [2.05, 4.69) is 47.0 Å². The van der Waals surface area contributed by atoms with Crippen molar-refractivity contribution in [3.8, 4) is 16.9 Å². The third-order valence-corrected chi connectivity index (χ3v) is 5.04. The van der Waals surface area contributed by atoms with Gasteiger partial charge in [-0.3, -0.25) is 0 Å². The lowest BCUT2D eigenvalue weighted by atomic mass is 9.85. The Hall–Kier alpha value is -2.00. The molecule has 0 aromatic heterocycles. The summed E-state index contributed by atoms with van der Waals surface area (Å²) in [6.07, 6.45) is 2.38. The van der Waals surface area contributed by atoms with Gasteiger partial charge in [0.05, 0.1) is 6.61 Å². The molecule has 2 aliphatic heterocycles. The summed E-state index contributed by atoms with van der Waals surface area (Å²) in [7, 11) is 0. The van der Waals surface area contributed by atoms with E-state index in [0.717, 1.165) is 18.8 Å². The van der Waals surface area contributed by atoms with E-state index in [1.807, 2.05) is 13.0 Å². The Morgan fingerprint density at radius 1 is 1.00 bits per heavy atom. The summed E-state index contributed by atoms with van der Waals surface area (Å²) in [5, 5.41) is 7.29. The van der Waals surface area contributed by atoms with Crippen molar-refractivity contribution >= 4 is 5.69 Å². The van der Waals surface area contributed by atoms with Crippen LogP contribution in [0.15, 0.2) is 42.5 Å². The Morgan fingerprint density at radius 3 is 2.74 bits per heavy atom. The molecule has 2 heterocycles. The molecule has 0 spiro atoms. The van der Waals surface area contributed by atoms with Crippen molar-refractivity contribution in [3.05, 3.63) is 48.0 Å². The largest absolute Gasteiger partial charge is 0.493 e. The zero-order valence-electron chi connectivity index (χ0n) is 13.6. The lowest BCUT2D eigenvalue weighted by Crippen LogP contribution is -2.21. The second-order valence-corrected chi connectivity index (χ2v) is 6.38. The van der Waals surface area contributed by atoms with E-state index >= 15 is 0 Å². The second-order valence-electron chi connectivity index (χ2n) is 6.38. The topological polar surface area (TPSA) is 33.3 Å². The molecule has 2 atom stereocenters. The van der Waals surface area contributed by atoms with Gasteiger partial charge in [0.2, 0.25) is 0 Å². The Morgan fingerprint density at radius 2 is 1.83 bits per heavy atom. The minimum Gasteiger partial charge on any atom is -0.493 e. The van der Waals surface area contributed by atoms with E-state index in [1.54, 1.807) is 0 Å². The summed E-state index contributed by atoms with van der Waals surface area (Å²) in [6, 6.07) is 15.6. The molecular weight excluding hydrogens is 284 g/mol. The van der Waals surface area contributed by atoms with Crippen molar-refractivity contribution in [3.63, 3.8) is 0 Å². The van der Waals surface area contributed by atoms with Gasteiger partial charge in [-0.1, -0.05) is 30.3 Å². The number of ether oxygens (including phenoxy) is 1. The van der Waals surface area contributed by atoms with Crippen molar-refractivity contribution in [1.82, 2.24) is 5.32 Å². The van der Waals surface area contributed by atoms with E-state index in [1.165, 1.54) is 35.2 Å². The highest BCUT2D eigenvalue weighted by Crippen LogP contribution is 2.46. The van der Waals surface area contributed by atoms with Crippen LogP contribution in [0.2, 0.25) is 0 Å². The standard InChI is InChI=1S/C20H24N2O/c1-2-23-19-9-4-3-6-14(19)15-7-5-8-18-20(15)16-10-12-21-13-11-17(16)22-18/h3-9,16-17,21-22H,2,10-13H2,1H3/t16-,17?/m1/s1. The van der Waals surface area contributed by atoms with Crippen molar-refractivity contribution < 1.29 is 4.74 Å². The lowest BCUT2D eigenvalue weighted by molar-refractivity contribution is 0.341. The molecule has 0 aliphatic carbocycles. The molecule has 1 unspecified atom stereocenters. The summed E-state index contributed by atoms with van der Waals surface area (Å²) in [5.41, 5.74) is 5.33. The van der Waals surface area contributed by atoms with E-state index in [0.29, 0.717) is 18.6 Å². The third kappa shape index (κ3) is 2.59. The van der Waals surface area contributed by atoms with Gasteiger partial charge >= 0.3 is 0 Å². The molecule has 23 heavy (non-hydrogen) atoms. The van der Waals surface area contributed by atoms with Gasteiger partial charge in [0.15, 0.2) is 0 Å². The minimum absolute atomic E-state index is 0.556. The zero-order valence-corrected chi connectivity index (χ0v) is 13.6. The van der Waals surface area contributed by atoms with Crippen molar-refractivity contribution in [1.29, 1.82) is 0 Å². The van der Waals surface area contributed by atoms with Gasteiger partial charge in [-0.05, 0) is 56.1 Å². The fourth-order valence-corrected chi connectivity index (χ4v) is 4.06. The number of hydrogen-bond donors (Lipinski definition) is 2. The van der Waals surface area contributed by atoms with Crippen LogP contribution < -0.4 is 15.4 Å². The molecule has 0 radical (unpaired) electrons. The van der Waals surface area contributed by atoms with Crippen LogP contribution in [0.1, 0.15) is 31.2 Å². The van der Waals surface area contributed by atoms with Crippen molar-refractivity contribution in [2.45, 2.75) is 31.7 Å². The van der Waals surface area contributed by atoms with Crippen LogP contribution >= 0.6 is 0 Å². The molecule has 0 saturated carbocycles. The minimum atomic E-state index is 0.556. The first kappa shape index (κ1) is 14.6. The lowest BCUT2D eigenvalue weighted by Gasteiger charge is -2.19. The number of para-hydroxylation sites is 1. The van der Waals surface area contributed by atoms with Crippen molar-refractivity contribution in [2.75, 3.05) is 25.0 Å². The molecule has 2 aliphatic rings. The maximum absolute atomic E-state index is 5.88. The molecule has 2 aromatic carbocycles. The molecule has 0 bridgehead atoms. The van der Waals surface area contributed by atoms with Gasteiger partial charge in [0.25, 0.3) is 0 Å². The normalized spacial score (nSPS) is 22.7. The first-order valence-corrected chi connectivity index (χ1v) is 8.71. The van der Waals surface area contributed by atoms with Crippen LogP contribution in [-0.2, 0) is 0 Å². The summed E-state index contributed by atoms with van der Waals surface area (Å²) in [6.45, 7) is 4.94. The summed E-state index contributed by atoms with van der Waals surface area (Å²) >= 11 is 0. The Kier molecular flexibility index (Phi) is 3.96. The molecular formula is C20H24N2O. The average molecular weight is 308 g/mol. The first-order valence-electron chi connectivity index (χ1n) is 8.71. The van der Waals surface area contributed by atoms with Crippen LogP contribution in [0.3, 0.4) is 0 Å². The Balaban J connectivity index is 1.82. The highest BCUT2D eigenvalue weighted by molar-refractivity contribution is 5.81. The average Bonchev–Trinajstić information content (AvgIpc) is 2.78. The highest BCUT2D eigenvalue weighted by atomic mass is 16.5. The molecule has 2 N–H and O–H groups in total. The number of nitrogens with one attached hydrogen (secondary N) is 2. The molecule has 1 fully saturated rings. The molecule has 3 nitrogen and oxygen atoms in total. The Bertz CT molecular complexity index is 698. The molecule has 2 aromatic rings. The predicted octanol–water partition coefficient (Wildman–Crippen LogP) is 4.01. The molecule has 0 amide bonds. The van der Waals surface area contributed by atoms with Crippen LogP contribution in [0.4, 0.5) is 5.69 Å². The van der Waals surface area contributed by atoms with Gasteiger partial charge in [0, 0.05) is 23.2 Å². The number of rotatable bonds is 3. The predicted molar refractivity (Wildman–Crippen MR) is 95.3 cm³/mol. The van der Waals surface area contributed by atoms with E-state index in [4.69, 9.17) is 4.74 Å². The maximum Gasteiger partial charge on any atom is 0.127 e. The van der Waals surface area contributed by atoms with Crippen LogP contribution in [-0.4, -0.2) is 25.7 Å². The van der Waals surface area contributed by atoms with Gasteiger partial charge in [-0.2, -0.15) is 0 Å².